The summed E-state index contributed by atoms with van der Waals surface area (Å²) in [5, 5.41) is 7.54. The largest absolute Gasteiger partial charge is 0.497 e. The minimum Gasteiger partial charge on any atom is -0.497 e. The minimum absolute atomic E-state index is 0.0990. The lowest BCUT2D eigenvalue weighted by atomic mass is 10.1. The molecular weight excluding hydrogens is 398 g/mol. The topological polar surface area (TPSA) is 99.6 Å². The third kappa shape index (κ3) is 4.48. The van der Waals surface area contributed by atoms with E-state index in [2.05, 4.69) is 4.72 Å². The molecule has 148 valence electrons. The second kappa shape index (κ2) is 8.66. The molecule has 3 rings (SSSR count). The Morgan fingerprint density at radius 1 is 1.29 bits per heavy atom. The Hall–Kier alpha value is -2.52. The Kier molecular flexibility index (Phi) is 6.25. The number of amides is 1. The maximum atomic E-state index is 12.8. The predicted molar refractivity (Wildman–Crippen MR) is 111 cm³/mol. The number of nitrogens with zero attached hydrogens (tertiary/aromatic N) is 1. The normalized spacial score (nSPS) is 17.0. The number of ether oxygens (including phenoxy) is 1. The lowest BCUT2D eigenvalue weighted by Gasteiger charge is -2.33. The standard InChI is InChI=1S/C19H21N3O4S2/c1-26-17-5-7-18(8-6-17)28(24,25)21-15-4-2-3-14(11-15)19(23)22-9-10-27-13-16(22)12-20/h2-8,11-12,16,20-21H,9-10,13H2,1H3. The fourth-order valence-electron chi connectivity index (χ4n) is 2.86. The first-order valence-corrected chi connectivity index (χ1v) is 11.2. The van der Waals surface area contributed by atoms with E-state index in [1.165, 1.54) is 31.5 Å². The van der Waals surface area contributed by atoms with E-state index in [0.717, 1.165) is 5.75 Å². The summed E-state index contributed by atoms with van der Waals surface area (Å²) in [5.41, 5.74) is 0.688. The molecule has 1 aliphatic rings. The molecule has 1 atom stereocenters. The van der Waals surface area contributed by atoms with Gasteiger partial charge in [-0.1, -0.05) is 6.07 Å². The van der Waals surface area contributed by atoms with Crippen LogP contribution in [0.3, 0.4) is 0 Å². The highest BCUT2D eigenvalue weighted by molar-refractivity contribution is 7.99. The molecule has 0 radical (unpaired) electrons. The number of hydrogen-bond donors (Lipinski definition) is 2. The molecule has 1 saturated heterocycles. The number of anilines is 1. The van der Waals surface area contributed by atoms with Crippen molar-refractivity contribution in [3.05, 3.63) is 54.1 Å². The van der Waals surface area contributed by atoms with Gasteiger partial charge in [-0.05, 0) is 42.5 Å². The molecular formula is C19H21N3O4S2. The van der Waals surface area contributed by atoms with Crippen LogP contribution in [-0.2, 0) is 10.0 Å². The first-order chi connectivity index (χ1) is 13.4. The van der Waals surface area contributed by atoms with Gasteiger partial charge in [-0.25, -0.2) is 8.42 Å². The van der Waals surface area contributed by atoms with E-state index in [1.54, 1.807) is 47.0 Å². The van der Waals surface area contributed by atoms with Crippen molar-refractivity contribution >= 4 is 39.6 Å². The maximum absolute atomic E-state index is 12.8. The van der Waals surface area contributed by atoms with Crippen molar-refractivity contribution in [1.82, 2.24) is 4.90 Å². The molecule has 1 amide bonds. The number of benzene rings is 2. The molecule has 9 heteroatoms. The van der Waals surface area contributed by atoms with Gasteiger partial charge < -0.3 is 15.0 Å². The average Bonchev–Trinajstić information content (AvgIpc) is 2.73. The van der Waals surface area contributed by atoms with Crippen LogP contribution < -0.4 is 9.46 Å². The summed E-state index contributed by atoms with van der Waals surface area (Å²) in [6.07, 6.45) is 1.28. The Morgan fingerprint density at radius 3 is 2.71 bits per heavy atom. The van der Waals surface area contributed by atoms with Gasteiger partial charge in [0.15, 0.2) is 0 Å². The van der Waals surface area contributed by atoms with Crippen LogP contribution in [0.5, 0.6) is 5.75 Å². The highest BCUT2D eigenvalue weighted by Gasteiger charge is 2.26. The molecule has 7 nitrogen and oxygen atoms in total. The molecule has 0 aliphatic carbocycles. The van der Waals surface area contributed by atoms with E-state index in [9.17, 15) is 13.2 Å². The van der Waals surface area contributed by atoms with Gasteiger partial charge in [-0.15, -0.1) is 0 Å². The van der Waals surface area contributed by atoms with Crippen molar-refractivity contribution in [3.8, 4) is 5.75 Å². The van der Waals surface area contributed by atoms with Crippen molar-refractivity contribution in [2.45, 2.75) is 10.9 Å². The molecule has 1 fully saturated rings. The average molecular weight is 420 g/mol. The van der Waals surface area contributed by atoms with Crippen LogP contribution in [-0.4, -0.2) is 56.6 Å². The highest BCUT2D eigenvalue weighted by Crippen LogP contribution is 2.22. The van der Waals surface area contributed by atoms with Crippen LogP contribution in [0.2, 0.25) is 0 Å². The van der Waals surface area contributed by atoms with Crippen molar-refractivity contribution in [2.24, 2.45) is 0 Å². The van der Waals surface area contributed by atoms with Crippen LogP contribution in [0.25, 0.3) is 0 Å². The van der Waals surface area contributed by atoms with Gasteiger partial charge in [0.25, 0.3) is 15.9 Å². The first kappa shape index (κ1) is 20.2. The van der Waals surface area contributed by atoms with Gasteiger partial charge in [-0.2, -0.15) is 11.8 Å². The van der Waals surface area contributed by atoms with E-state index < -0.39 is 10.0 Å². The van der Waals surface area contributed by atoms with Gasteiger partial charge in [-0.3, -0.25) is 9.52 Å². The van der Waals surface area contributed by atoms with Crippen LogP contribution >= 0.6 is 11.8 Å². The van der Waals surface area contributed by atoms with Gasteiger partial charge in [0.05, 0.1) is 18.0 Å². The second-order valence-electron chi connectivity index (χ2n) is 6.17. The van der Waals surface area contributed by atoms with Crippen molar-refractivity contribution in [2.75, 3.05) is 29.9 Å². The summed E-state index contributed by atoms with van der Waals surface area (Å²) < 4.78 is 32.8. The zero-order valence-corrected chi connectivity index (χ0v) is 16.9. The number of hydrogen-bond acceptors (Lipinski definition) is 6. The molecule has 0 bridgehead atoms. The smallest absolute Gasteiger partial charge is 0.261 e. The number of rotatable bonds is 6. The Labute approximate surface area is 168 Å². The van der Waals surface area contributed by atoms with E-state index in [-0.39, 0.29) is 16.8 Å². The van der Waals surface area contributed by atoms with Gasteiger partial charge >= 0.3 is 0 Å². The number of methoxy groups -OCH3 is 1. The Bertz CT molecular complexity index is 961. The fourth-order valence-corrected chi connectivity index (χ4v) is 4.92. The number of thioether (sulfide) groups is 1. The molecule has 2 N–H and O–H groups in total. The Balaban J connectivity index is 1.80. The van der Waals surface area contributed by atoms with Crippen LogP contribution in [0, 0.1) is 5.41 Å². The number of nitrogens with one attached hydrogen (secondary N) is 2. The van der Waals surface area contributed by atoms with E-state index in [4.69, 9.17) is 10.1 Å². The maximum Gasteiger partial charge on any atom is 0.261 e. The van der Waals surface area contributed by atoms with Crippen LogP contribution in [0.15, 0.2) is 53.4 Å². The molecule has 1 aliphatic heterocycles. The van der Waals surface area contributed by atoms with Crippen molar-refractivity contribution in [1.29, 1.82) is 5.41 Å². The highest BCUT2D eigenvalue weighted by atomic mass is 32.2. The van der Waals surface area contributed by atoms with Gasteiger partial charge in [0.1, 0.15) is 5.75 Å². The molecule has 1 heterocycles. The van der Waals surface area contributed by atoms with E-state index >= 15 is 0 Å². The van der Waals surface area contributed by atoms with Crippen molar-refractivity contribution in [3.63, 3.8) is 0 Å². The molecule has 28 heavy (non-hydrogen) atoms. The minimum atomic E-state index is -3.79. The molecule has 0 saturated carbocycles. The molecule has 2 aromatic carbocycles. The first-order valence-electron chi connectivity index (χ1n) is 8.61. The van der Waals surface area contributed by atoms with Crippen LogP contribution in [0.1, 0.15) is 10.4 Å². The number of carbonyl (C=O) groups excluding carboxylic acids is 1. The summed E-state index contributed by atoms with van der Waals surface area (Å²) in [6, 6.07) is 12.2. The summed E-state index contributed by atoms with van der Waals surface area (Å²) in [6.45, 7) is 0.561. The predicted octanol–water partition coefficient (Wildman–Crippen LogP) is 2.70. The summed E-state index contributed by atoms with van der Waals surface area (Å²) in [4.78, 5) is 14.6. The summed E-state index contributed by atoms with van der Waals surface area (Å²) in [5.74, 6) is 1.87. The van der Waals surface area contributed by atoms with Gasteiger partial charge in [0, 0.05) is 35.5 Å². The summed E-state index contributed by atoms with van der Waals surface area (Å²) >= 11 is 1.71. The molecule has 0 aromatic heterocycles. The molecule has 2 aromatic rings. The monoisotopic (exact) mass is 419 g/mol. The number of carbonyl (C=O) groups is 1. The molecule has 1 unspecified atom stereocenters. The lowest BCUT2D eigenvalue weighted by Crippen LogP contribution is -2.46. The second-order valence-corrected chi connectivity index (χ2v) is 9.00. The van der Waals surface area contributed by atoms with Crippen LogP contribution in [0.4, 0.5) is 5.69 Å². The fraction of sp³-hybridized carbons (Fsp3) is 0.263. The SMILES string of the molecule is COc1ccc(S(=O)(=O)Nc2cccc(C(=O)N3CCSCC3C=N)c2)cc1. The van der Waals surface area contributed by atoms with E-state index in [0.29, 0.717) is 29.3 Å². The zero-order valence-electron chi connectivity index (χ0n) is 15.3. The quantitative estimate of drug-likeness (QED) is 0.702. The van der Waals surface area contributed by atoms with Gasteiger partial charge in [0.2, 0.25) is 0 Å². The number of sulfonamides is 1. The zero-order chi connectivity index (χ0) is 20.1. The summed E-state index contributed by atoms with van der Waals surface area (Å²) in [7, 11) is -2.28. The molecule has 0 spiro atoms. The van der Waals surface area contributed by atoms with E-state index in [1.807, 2.05) is 0 Å². The third-order valence-electron chi connectivity index (χ3n) is 4.35. The lowest BCUT2D eigenvalue weighted by molar-refractivity contribution is 0.0746. The third-order valence-corrected chi connectivity index (χ3v) is 6.80. The Morgan fingerprint density at radius 2 is 2.04 bits per heavy atom. The van der Waals surface area contributed by atoms with Crippen molar-refractivity contribution < 1.29 is 17.9 Å².